The minimum atomic E-state index is -0.0373. The lowest BCUT2D eigenvalue weighted by molar-refractivity contribution is 0.0643. The second-order valence-electron chi connectivity index (χ2n) is 8.28. The predicted octanol–water partition coefficient (Wildman–Crippen LogP) is 2.79. The van der Waals surface area contributed by atoms with Gasteiger partial charge in [-0.15, -0.1) is 0 Å². The number of aromatic nitrogens is 2. The van der Waals surface area contributed by atoms with E-state index < -0.39 is 0 Å². The van der Waals surface area contributed by atoms with Crippen LogP contribution in [-0.2, 0) is 0 Å². The first-order valence-electron chi connectivity index (χ1n) is 11.3. The smallest absolute Gasteiger partial charge is 0.259 e. The first kappa shape index (κ1) is 24.6. The Morgan fingerprint density at radius 3 is 2.15 bits per heavy atom. The molecule has 0 unspecified atom stereocenters. The van der Waals surface area contributed by atoms with Gasteiger partial charge in [0.2, 0.25) is 5.75 Å². The van der Waals surface area contributed by atoms with Crippen LogP contribution in [0, 0.1) is 0 Å². The van der Waals surface area contributed by atoms with Crippen molar-refractivity contribution in [2.24, 2.45) is 0 Å². The average Bonchev–Trinajstić information content (AvgIpc) is 2.86. The number of hydrogen-bond donors (Lipinski definition) is 0. The number of nitrogens with zero attached hydrogens (tertiary/aromatic N) is 5. The van der Waals surface area contributed by atoms with Gasteiger partial charge in [0.25, 0.3) is 5.91 Å². The van der Waals surface area contributed by atoms with Gasteiger partial charge in [0.05, 0.1) is 21.3 Å². The lowest BCUT2D eigenvalue weighted by Gasteiger charge is -2.35. The summed E-state index contributed by atoms with van der Waals surface area (Å²) in [5, 5.41) is 0. The van der Waals surface area contributed by atoms with Crippen molar-refractivity contribution in [3.63, 3.8) is 0 Å². The highest BCUT2D eigenvalue weighted by Gasteiger charge is 2.27. The first-order chi connectivity index (χ1) is 15.8. The molecule has 0 aliphatic carbocycles. The van der Waals surface area contributed by atoms with Crippen molar-refractivity contribution in [2.75, 3.05) is 66.0 Å². The lowest BCUT2D eigenvalue weighted by Crippen LogP contribution is -2.48. The number of carbonyl (C=O) groups is 1. The molecule has 1 aromatic heterocycles. The monoisotopic (exact) mass is 457 g/mol. The van der Waals surface area contributed by atoms with Crippen LogP contribution < -0.4 is 19.1 Å². The van der Waals surface area contributed by atoms with Crippen LogP contribution in [-0.4, -0.2) is 92.8 Å². The summed E-state index contributed by atoms with van der Waals surface area (Å²) < 4.78 is 16.4. The standard InChI is InChI=1S/C24H35N5O4/c1-8-28-9-11-29(12-10-28)24(30)18-15-25-22(26-23(18)27(4)16(2)3)17-13-19(31-5)21(33-7)20(14-17)32-6/h13-16H,8-12H2,1-7H3. The van der Waals surface area contributed by atoms with Gasteiger partial charge < -0.3 is 28.9 Å². The molecule has 2 heterocycles. The Morgan fingerprint density at radius 2 is 1.67 bits per heavy atom. The molecule has 1 aliphatic heterocycles. The normalized spacial score (nSPS) is 14.4. The zero-order chi connectivity index (χ0) is 24.1. The molecule has 1 fully saturated rings. The van der Waals surface area contributed by atoms with Gasteiger partial charge >= 0.3 is 0 Å². The van der Waals surface area contributed by atoms with Gasteiger partial charge in [-0.05, 0) is 32.5 Å². The second-order valence-corrected chi connectivity index (χ2v) is 8.28. The van der Waals surface area contributed by atoms with E-state index in [0.717, 1.165) is 19.6 Å². The zero-order valence-corrected chi connectivity index (χ0v) is 20.7. The number of benzene rings is 1. The van der Waals surface area contributed by atoms with Gasteiger partial charge in [-0.25, -0.2) is 9.97 Å². The number of likely N-dealkylation sites (N-methyl/N-ethyl adjacent to an activating group) is 1. The topological polar surface area (TPSA) is 80.3 Å². The summed E-state index contributed by atoms with van der Waals surface area (Å²) in [7, 11) is 6.64. The summed E-state index contributed by atoms with van der Waals surface area (Å²) in [5.41, 5.74) is 1.21. The highest BCUT2D eigenvalue weighted by molar-refractivity contribution is 5.99. The van der Waals surface area contributed by atoms with E-state index in [1.807, 2.05) is 16.8 Å². The molecular formula is C24H35N5O4. The summed E-state index contributed by atoms with van der Waals surface area (Å²) in [6.45, 7) is 10.4. The van der Waals surface area contributed by atoms with Crippen molar-refractivity contribution in [2.45, 2.75) is 26.8 Å². The summed E-state index contributed by atoms with van der Waals surface area (Å²) >= 11 is 0. The van der Waals surface area contributed by atoms with Crippen LogP contribution in [0.1, 0.15) is 31.1 Å². The van der Waals surface area contributed by atoms with Crippen LogP contribution in [0.3, 0.4) is 0 Å². The van der Waals surface area contributed by atoms with Crippen LogP contribution in [0.25, 0.3) is 11.4 Å². The molecule has 1 amide bonds. The average molecular weight is 458 g/mol. The molecule has 180 valence electrons. The molecule has 0 atom stereocenters. The summed E-state index contributed by atoms with van der Waals surface area (Å²) in [4.78, 5) is 29.0. The van der Waals surface area contributed by atoms with E-state index in [9.17, 15) is 4.79 Å². The largest absolute Gasteiger partial charge is 0.493 e. The third kappa shape index (κ3) is 5.13. The predicted molar refractivity (Wildman–Crippen MR) is 129 cm³/mol. The highest BCUT2D eigenvalue weighted by atomic mass is 16.5. The Morgan fingerprint density at radius 1 is 1.06 bits per heavy atom. The van der Waals surface area contributed by atoms with Crippen molar-refractivity contribution >= 4 is 11.7 Å². The van der Waals surface area contributed by atoms with E-state index in [-0.39, 0.29) is 11.9 Å². The van der Waals surface area contributed by atoms with Crippen molar-refractivity contribution in [3.05, 3.63) is 23.9 Å². The maximum atomic E-state index is 13.4. The minimum absolute atomic E-state index is 0.0373. The number of hydrogen-bond acceptors (Lipinski definition) is 8. The Hall–Kier alpha value is -3.07. The van der Waals surface area contributed by atoms with Gasteiger partial charge in [0, 0.05) is 51.0 Å². The van der Waals surface area contributed by atoms with Gasteiger partial charge in [-0.2, -0.15) is 0 Å². The third-order valence-corrected chi connectivity index (χ3v) is 6.14. The van der Waals surface area contributed by atoms with Gasteiger partial charge in [-0.3, -0.25) is 4.79 Å². The molecule has 3 rings (SSSR count). The van der Waals surface area contributed by atoms with Crippen LogP contribution in [0.15, 0.2) is 18.3 Å². The third-order valence-electron chi connectivity index (χ3n) is 6.14. The Bertz CT molecular complexity index is 948. The molecule has 0 radical (unpaired) electrons. The lowest BCUT2D eigenvalue weighted by atomic mass is 10.1. The van der Waals surface area contributed by atoms with Crippen LogP contribution in [0.2, 0.25) is 0 Å². The molecule has 33 heavy (non-hydrogen) atoms. The number of rotatable bonds is 8. The SMILES string of the molecule is CCN1CCN(C(=O)c2cnc(-c3cc(OC)c(OC)c(OC)c3)nc2N(C)C(C)C)CC1. The minimum Gasteiger partial charge on any atom is -0.493 e. The van der Waals surface area contributed by atoms with E-state index in [0.29, 0.717) is 53.1 Å². The Kier molecular flexibility index (Phi) is 7.97. The number of amides is 1. The number of piperazine rings is 1. The summed E-state index contributed by atoms with van der Waals surface area (Å²) in [6.07, 6.45) is 1.63. The number of ether oxygens (including phenoxy) is 3. The molecule has 0 N–H and O–H groups in total. The highest BCUT2D eigenvalue weighted by Crippen LogP contribution is 2.40. The number of methoxy groups -OCH3 is 3. The van der Waals surface area contributed by atoms with Crippen molar-refractivity contribution < 1.29 is 19.0 Å². The molecule has 1 aliphatic rings. The maximum absolute atomic E-state index is 13.4. The van der Waals surface area contributed by atoms with Crippen LogP contribution >= 0.6 is 0 Å². The van der Waals surface area contributed by atoms with Crippen molar-refractivity contribution in [1.29, 1.82) is 0 Å². The van der Waals surface area contributed by atoms with Gasteiger partial charge in [-0.1, -0.05) is 6.92 Å². The van der Waals surface area contributed by atoms with Gasteiger partial charge in [0.1, 0.15) is 11.4 Å². The first-order valence-corrected chi connectivity index (χ1v) is 11.3. The van der Waals surface area contributed by atoms with E-state index in [1.54, 1.807) is 39.7 Å². The molecule has 0 spiro atoms. The van der Waals surface area contributed by atoms with Crippen LogP contribution in [0.5, 0.6) is 17.2 Å². The van der Waals surface area contributed by atoms with Gasteiger partial charge in [0.15, 0.2) is 17.3 Å². The summed E-state index contributed by atoms with van der Waals surface area (Å²) in [5.74, 6) is 2.58. The second kappa shape index (κ2) is 10.7. The molecule has 1 saturated heterocycles. The molecule has 0 saturated carbocycles. The molecule has 9 nitrogen and oxygen atoms in total. The molecular weight excluding hydrogens is 422 g/mol. The van der Waals surface area contributed by atoms with Crippen LogP contribution in [0.4, 0.5) is 5.82 Å². The number of anilines is 1. The van der Waals surface area contributed by atoms with E-state index in [2.05, 4.69) is 30.7 Å². The Balaban J connectivity index is 2.03. The Labute approximate surface area is 196 Å². The fourth-order valence-corrected chi connectivity index (χ4v) is 3.82. The van der Waals surface area contributed by atoms with E-state index >= 15 is 0 Å². The molecule has 1 aromatic carbocycles. The fraction of sp³-hybridized carbons (Fsp3) is 0.542. The molecule has 2 aromatic rings. The molecule has 0 bridgehead atoms. The quantitative estimate of drug-likeness (QED) is 0.599. The van der Waals surface area contributed by atoms with Crippen molar-refractivity contribution in [3.8, 4) is 28.6 Å². The maximum Gasteiger partial charge on any atom is 0.259 e. The van der Waals surface area contributed by atoms with E-state index in [1.165, 1.54) is 0 Å². The number of carbonyl (C=O) groups excluding carboxylic acids is 1. The fourth-order valence-electron chi connectivity index (χ4n) is 3.82. The van der Waals surface area contributed by atoms with Crippen molar-refractivity contribution in [1.82, 2.24) is 19.8 Å². The zero-order valence-electron chi connectivity index (χ0n) is 20.7. The summed E-state index contributed by atoms with van der Waals surface area (Å²) in [6, 6.07) is 3.76. The molecule has 9 heteroatoms. The van der Waals surface area contributed by atoms with E-state index in [4.69, 9.17) is 19.2 Å².